The first-order chi connectivity index (χ1) is 8.63. The smallest absolute Gasteiger partial charge is 0.123 e. The predicted molar refractivity (Wildman–Crippen MR) is 79.2 cm³/mol. The second-order valence-corrected chi connectivity index (χ2v) is 6.18. The van der Waals surface area contributed by atoms with E-state index in [1.807, 2.05) is 0 Å². The molecule has 0 amide bonds. The van der Waals surface area contributed by atoms with Crippen LogP contribution in [0.2, 0.25) is 0 Å². The second-order valence-electron chi connectivity index (χ2n) is 5.33. The molecule has 100 valence electrons. The maximum absolute atomic E-state index is 6.09. The fourth-order valence-electron chi connectivity index (χ4n) is 3.01. The first-order valence-corrected chi connectivity index (χ1v) is 7.47. The quantitative estimate of drug-likeness (QED) is 0.918. The predicted octanol–water partition coefficient (Wildman–Crippen LogP) is 3.93. The molecular weight excluding hydrogens is 290 g/mol. The molecule has 0 aliphatic heterocycles. The molecule has 2 rings (SSSR count). The summed E-state index contributed by atoms with van der Waals surface area (Å²) in [4.78, 5) is 0. The molecule has 2 nitrogen and oxygen atoms in total. The van der Waals surface area contributed by atoms with Crippen LogP contribution < -0.4 is 10.5 Å². The van der Waals surface area contributed by atoms with Crippen molar-refractivity contribution in [1.29, 1.82) is 0 Å². The van der Waals surface area contributed by atoms with E-state index in [2.05, 4.69) is 35.0 Å². The van der Waals surface area contributed by atoms with Gasteiger partial charge in [0.15, 0.2) is 0 Å². The minimum absolute atomic E-state index is 0.155. The molecule has 1 aliphatic rings. The van der Waals surface area contributed by atoms with Crippen LogP contribution in [-0.2, 0) is 5.41 Å². The number of halogens is 1. The van der Waals surface area contributed by atoms with Crippen LogP contribution in [-0.4, -0.2) is 13.7 Å². The zero-order valence-corrected chi connectivity index (χ0v) is 12.8. The van der Waals surface area contributed by atoms with Crippen LogP contribution in [0.1, 0.15) is 43.2 Å². The van der Waals surface area contributed by atoms with Crippen molar-refractivity contribution in [3.63, 3.8) is 0 Å². The largest absolute Gasteiger partial charge is 0.496 e. The number of rotatable bonds is 3. The van der Waals surface area contributed by atoms with Crippen molar-refractivity contribution in [1.82, 2.24) is 0 Å². The molecule has 0 bridgehead atoms. The van der Waals surface area contributed by atoms with Crippen molar-refractivity contribution in [3.8, 4) is 5.75 Å². The van der Waals surface area contributed by atoms with Gasteiger partial charge >= 0.3 is 0 Å². The SMILES string of the molecule is COc1cc(C2(CN)CCCCC2)cc(Br)c1C. The summed E-state index contributed by atoms with van der Waals surface area (Å²) in [5.74, 6) is 0.956. The molecule has 1 saturated carbocycles. The summed E-state index contributed by atoms with van der Waals surface area (Å²) in [6, 6.07) is 4.41. The highest BCUT2D eigenvalue weighted by atomic mass is 79.9. The number of hydrogen-bond acceptors (Lipinski definition) is 2. The van der Waals surface area contributed by atoms with E-state index in [9.17, 15) is 0 Å². The molecule has 0 atom stereocenters. The highest BCUT2D eigenvalue weighted by Crippen LogP contribution is 2.42. The molecule has 18 heavy (non-hydrogen) atoms. The Morgan fingerprint density at radius 1 is 1.28 bits per heavy atom. The fraction of sp³-hybridized carbons (Fsp3) is 0.600. The highest BCUT2D eigenvalue weighted by Gasteiger charge is 2.33. The molecular formula is C15H22BrNO. The Balaban J connectivity index is 2.45. The van der Waals surface area contributed by atoms with E-state index in [4.69, 9.17) is 10.5 Å². The van der Waals surface area contributed by atoms with E-state index in [0.717, 1.165) is 22.3 Å². The van der Waals surface area contributed by atoms with Gasteiger partial charge in [-0.2, -0.15) is 0 Å². The number of hydrogen-bond donors (Lipinski definition) is 1. The molecule has 1 fully saturated rings. The summed E-state index contributed by atoms with van der Waals surface area (Å²) in [5, 5.41) is 0. The van der Waals surface area contributed by atoms with Gasteiger partial charge in [-0.05, 0) is 37.5 Å². The minimum atomic E-state index is 0.155. The van der Waals surface area contributed by atoms with Gasteiger partial charge in [0.2, 0.25) is 0 Å². The monoisotopic (exact) mass is 311 g/mol. The Bertz CT molecular complexity index is 425. The lowest BCUT2D eigenvalue weighted by Gasteiger charge is -2.37. The Labute approximate surface area is 118 Å². The standard InChI is InChI=1S/C15H22BrNO/c1-11-13(16)8-12(9-14(11)18-2)15(10-17)6-4-3-5-7-15/h8-9H,3-7,10,17H2,1-2H3. The Kier molecular flexibility index (Phi) is 4.33. The summed E-state index contributed by atoms with van der Waals surface area (Å²) in [7, 11) is 1.73. The third-order valence-corrected chi connectivity index (χ3v) is 5.15. The van der Waals surface area contributed by atoms with Crippen LogP contribution >= 0.6 is 15.9 Å². The van der Waals surface area contributed by atoms with Crippen molar-refractivity contribution in [3.05, 3.63) is 27.7 Å². The molecule has 0 unspecified atom stereocenters. The van der Waals surface area contributed by atoms with E-state index < -0.39 is 0 Å². The Morgan fingerprint density at radius 3 is 2.50 bits per heavy atom. The first-order valence-electron chi connectivity index (χ1n) is 6.67. The summed E-state index contributed by atoms with van der Waals surface area (Å²) in [6.45, 7) is 2.80. The topological polar surface area (TPSA) is 35.2 Å². The van der Waals surface area contributed by atoms with E-state index in [1.54, 1.807) is 7.11 Å². The molecule has 2 N–H and O–H groups in total. The van der Waals surface area contributed by atoms with E-state index >= 15 is 0 Å². The molecule has 1 aromatic carbocycles. The van der Waals surface area contributed by atoms with E-state index in [1.165, 1.54) is 37.7 Å². The lowest BCUT2D eigenvalue weighted by atomic mass is 9.69. The van der Waals surface area contributed by atoms with Crippen molar-refractivity contribution >= 4 is 15.9 Å². The van der Waals surface area contributed by atoms with Crippen LogP contribution in [0.15, 0.2) is 16.6 Å². The zero-order chi connectivity index (χ0) is 13.2. The third-order valence-electron chi connectivity index (χ3n) is 4.33. The molecule has 3 heteroatoms. The number of benzene rings is 1. The van der Waals surface area contributed by atoms with Crippen LogP contribution in [0.4, 0.5) is 0 Å². The van der Waals surface area contributed by atoms with Crippen LogP contribution in [0.5, 0.6) is 5.75 Å². The molecule has 0 spiro atoms. The fourth-order valence-corrected chi connectivity index (χ4v) is 3.45. The van der Waals surface area contributed by atoms with Crippen molar-refractivity contribution in [2.45, 2.75) is 44.4 Å². The van der Waals surface area contributed by atoms with Crippen molar-refractivity contribution in [2.75, 3.05) is 13.7 Å². The zero-order valence-electron chi connectivity index (χ0n) is 11.3. The van der Waals surface area contributed by atoms with E-state index in [-0.39, 0.29) is 5.41 Å². The summed E-state index contributed by atoms with van der Waals surface area (Å²) < 4.78 is 6.60. The minimum Gasteiger partial charge on any atom is -0.496 e. The average molecular weight is 312 g/mol. The van der Waals surface area contributed by atoms with Crippen LogP contribution in [0.25, 0.3) is 0 Å². The molecule has 0 heterocycles. The van der Waals surface area contributed by atoms with Gasteiger partial charge in [-0.15, -0.1) is 0 Å². The van der Waals surface area contributed by atoms with Gasteiger partial charge in [-0.3, -0.25) is 0 Å². The molecule has 0 aromatic heterocycles. The summed E-state index contributed by atoms with van der Waals surface area (Å²) in [5.41, 5.74) is 8.74. The maximum atomic E-state index is 6.09. The first kappa shape index (κ1) is 13.9. The molecule has 0 saturated heterocycles. The van der Waals surface area contributed by atoms with Gasteiger partial charge in [0.25, 0.3) is 0 Å². The Morgan fingerprint density at radius 2 is 1.94 bits per heavy atom. The van der Waals surface area contributed by atoms with Gasteiger partial charge in [0, 0.05) is 22.0 Å². The lowest BCUT2D eigenvalue weighted by molar-refractivity contribution is 0.299. The number of ether oxygens (including phenoxy) is 1. The van der Waals surface area contributed by atoms with Gasteiger partial charge in [-0.1, -0.05) is 35.2 Å². The third kappa shape index (κ3) is 2.43. The average Bonchev–Trinajstić information content (AvgIpc) is 2.42. The summed E-state index contributed by atoms with van der Waals surface area (Å²) in [6.07, 6.45) is 6.30. The number of nitrogens with two attached hydrogens (primary N) is 1. The van der Waals surface area contributed by atoms with Crippen molar-refractivity contribution < 1.29 is 4.74 Å². The van der Waals surface area contributed by atoms with Crippen molar-refractivity contribution in [2.24, 2.45) is 5.73 Å². The molecule has 1 aliphatic carbocycles. The van der Waals surface area contributed by atoms with Gasteiger partial charge in [-0.25, -0.2) is 0 Å². The Hall–Kier alpha value is -0.540. The molecule has 1 aromatic rings. The normalized spacial score (nSPS) is 18.7. The van der Waals surface area contributed by atoms with Crippen LogP contribution in [0, 0.1) is 6.92 Å². The highest BCUT2D eigenvalue weighted by molar-refractivity contribution is 9.10. The van der Waals surface area contributed by atoms with Gasteiger partial charge in [0.05, 0.1) is 7.11 Å². The second kappa shape index (κ2) is 5.62. The van der Waals surface area contributed by atoms with Crippen LogP contribution in [0.3, 0.4) is 0 Å². The van der Waals surface area contributed by atoms with E-state index in [0.29, 0.717) is 0 Å². The summed E-state index contributed by atoms with van der Waals surface area (Å²) >= 11 is 3.64. The van der Waals surface area contributed by atoms with Gasteiger partial charge < -0.3 is 10.5 Å². The maximum Gasteiger partial charge on any atom is 0.123 e. The molecule has 0 radical (unpaired) electrons. The number of methoxy groups -OCH3 is 1. The lowest BCUT2D eigenvalue weighted by Crippen LogP contribution is -2.37. The van der Waals surface area contributed by atoms with Gasteiger partial charge in [0.1, 0.15) is 5.75 Å².